The van der Waals surface area contributed by atoms with E-state index in [2.05, 4.69) is 38.7 Å². The van der Waals surface area contributed by atoms with Gasteiger partial charge in [0.25, 0.3) is 0 Å². The molecule has 0 bridgehead atoms. The summed E-state index contributed by atoms with van der Waals surface area (Å²) in [6, 6.07) is 12.5. The molecule has 3 heterocycles. The van der Waals surface area contributed by atoms with Crippen LogP contribution in [0.3, 0.4) is 0 Å². The first-order chi connectivity index (χ1) is 10.9. The number of rotatable bonds is 4. The first-order valence-electron chi connectivity index (χ1n) is 8.00. The number of imidazole rings is 1. The Bertz CT molecular complexity index is 757. The van der Waals surface area contributed by atoms with Crippen molar-refractivity contribution in [3.63, 3.8) is 0 Å². The van der Waals surface area contributed by atoms with E-state index in [9.17, 15) is 0 Å². The molecule has 4 heteroatoms. The fourth-order valence-electron chi connectivity index (χ4n) is 3.27. The van der Waals surface area contributed by atoms with E-state index in [0.717, 1.165) is 30.0 Å². The van der Waals surface area contributed by atoms with Crippen LogP contribution in [0.4, 0.5) is 0 Å². The van der Waals surface area contributed by atoms with Crippen LogP contribution in [0.2, 0.25) is 0 Å². The Morgan fingerprint density at radius 1 is 0.909 bits per heavy atom. The molecule has 22 heavy (non-hydrogen) atoms. The minimum Gasteiger partial charge on any atom is -0.323 e. The van der Waals surface area contributed by atoms with Crippen molar-refractivity contribution in [2.75, 3.05) is 19.6 Å². The smallest absolute Gasteiger partial charge is 0.141 e. The molecule has 3 aromatic rings. The van der Waals surface area contributed by atoms with Gasteiger partial charge in [-0.2, -0.15) is 0 Å². The summed E-state index contributed by atoms with van der Waals surface area (Å²) >= 11 is 0. The second kappa shape index (κ2) is 5.89. The summed E-state index contributed by atoms with van der Waals surface area (Å²) in [5, 5.41) is 0. The molecule has 0 aliphatic carbocycles. The van der Waals surface area contributed by atoms with Crippen molar-refractivity contribution >= 4 is 11.0 Å². The lowest BCUT2D eigenvalue weighted by molar-refractivity contribution is 0.325. The number of fused-ring (bicyclic) bond motifs is 1. The first kappa shape index (κ1) is 13.5. The number of benzene rings is 1. The third-order valence-electron chi connectivity index (χ3n) is 4.43. The van der Waals surface area contributed by atoms with Crippen LogP contribution in [-0.2, 0) is 6.54 Å². The van der Waals surface area contributed by atoms with Gasteiger partial charge in [-0.3, -0.25) is 4.98 Å². The normalized spacial score (nSPS) is 15.6. The average molecular weight is 292 g/mol. The molecule has 1 aromatic carbocycles. The molecule has 0 amide bonds. The summed E-state index contributed by atoms with van der Waals surface area (Å²) in [5.74, 6) is 1.04. The molecule has 1 saturated heterocycles. The second-order valence-corrected chi connectivity index (χ2v) is 5.86. The molecule has 1 fully saturated rings. The summed E-state index contributed by atoms with van der Waals surface area (Å²) in [4.78, 5) is 11.5. The molecule has 0 N–H and O–H groups in total. The summed E-state index contributed by atoms with van der Waals surface area (Å²) < 4.78 is 2.35. The van der Waals surface area contributed by atoms with Crippen LogP contribution in [0.5, 0.6) is 0 Å². The molecule has 4 rings (SSSR count). The molecule has 1 aliphatic heterocycles. The largest absolute Gasteiger partial charge is 0.323 e. The predicted molar refractivity (Wildman–Crippen MR) is 88.6 cm³/mol. The molecule has 0 atom stereocenters. The Morgan fingerprint density at radius 2 is 1.68 bits per heavy atom. The topological polar surface area (TPSA) is 34.0 Å². The summed E-state index contributed by atoms with van der Waals surface area (Å²) in [5.41, 5.74) is 3.41. The van der Waals surface area contributed by atoms with E-state index in [1.54, 1.807) is 0 Å². The number of nitrogens with zero attached hydrogens (tertiary/aromatic N) is 4. The Labute approximate surface area is 130 Å². The highest BCUT2D eigenvalue weighted by atomic mass is 15.2. The Morgan fingerprint density at radius 3 is 2.50 bits per heavy atom. The number of hydrogen-bond donors (Lipinski definition) is 0. The van der Waals surface area contributed by atoms with E-state index < -0.39 is 0 Å². The number of para-hydroxylation sites is 2. The monoisotopic (exact) mass is 292 g/mol. The van der Waals surface area contributed by atoms with Crippen molar-refractivity contribution in [3.05, 3.63) is 48.8 Å². The van der Waals surface area contributed by atoms with Gasteiger partial charge < -0.3 is 9.47 Å². The van der Waals surface area contributed by atoms with Gasteiger partial charge in [0, 0.05) is 31.0 Å². The van der Waals surface area contributed by atoms with Crippen molar-refractivity contribution in [2.45, 2.75) is 19.4 Å². The molecular weight excluding hydrogens is 272 g/mol. The minimum atomic E-state index is 0.984. The third kappa shape index (κ3) is 2.50. The molecule has 0 unspecified atom stereocenters. The van der Waals surface area contributed by atoms with Crippen molar-refractivity contribution in [1.82, 2.24) is 19.4 Å². The molecular formula is C18H20N4. The van der Waals surface area contributed by atoms with Crippen molar-refractivity contribution in [1.29, 1.82) is 0 Å². The summed E-state index contributed by atoms with van der Waals surface area (Å²) in [6.45, 7) is 4.55. The molecule has 1 aliphatic rings. The SMILES string of the molecule is c1ccc2c(c1)nc(-c1ccncc1)n2CCN1CCCC1. The summed E-state index contributed by atoms with van der Waals surface area (Å²) in [6.07, 6.45) is 6.34. The van der Waals surface area contributed by atoms with E-state index in [0.29, 0.717) is 0 Å². The van der Waals surface area contributed by atoms with E-state index in [1.807, 2.05) is 24.5 Å². The van der Waals surface area contributed by atoms with Crippen molar-refractivity contribution < 1.29 is 0 Å². The Kier molecular flexibility index (Phi) is 3.60. The van der Waals surface area contributed by atoms with Gasteiger partial charge in [-0.05, 0) is 50.2 Å². The zero-order valence-corrected chi connectivity index (χ0v) is 12.7. The van der Waals surface area contributed by atoms with E-state index in [4.69, 9.17) is 4.98 Å². The zero-order chi connectivity index (χ0) is 14.8. The average Bonchev–Trinajstić information content (AvgIpc) is 3.21. The highest BCUT2D eigenvalue weighted by Gasteiger charge is 2.15. The standard InChI is InChI=1S/C18H20N4/c1-2-6-17-16(5-1)20-18(15-7-9-19-10-8-15)22(17)14-13-21-11-3-4-12-21/h1-2,5-10H,3-4,11-14H2. The number of hydrogen-bond acceptors (Lipinski definition) is 3. The maximum absolute atomic E-state index is 4.84. The van der Waals surface area contributed by atoms with Crippen LogP contribution in [0.15, 0.2) is 48.8 Å². The van der Waals surface area contributed by atoms with Crippen LogP contribution >= 0.6 is 0 Å². The van der Waals surface area contributed by atoms with Gasteiger partial charge >= 0.3 is 0 Å². The van der Waals surface area contributed by atoms with Gasteiger partial charge in [0.2, 0.25) is 0 Å². The molecule has 4 nitrogen and oxygen atoms in total. The maximum Gasteiger partial charge on any atom is 0.141 e. The molecule has 2 aromatic heterocycles. The molecule has 112 valence electrons. The van der Waals surface area contributed by atoms with E-state index >= 15 is 0 Å². The minimum absolute atomic E-state index is 0.984. The Balaban J connectivity index is 1.73. The van der Waals surface area contributed by atoms with Crippen molar-refractivity contribution in [2.24, 2.45) is 0 Å². The fourth-order valence-corrected chi connectivity index (χ4v) is 3.27. The lowest BCUT2D eigenvalue weighted by Crippen LogP contribution is -2.24. The van der Waals surface area contributed by atoms with Crippen LogP contribution in [0.25, 0.3) is 22.4 Å². The van der Waals surface area contributed by atoms with Gasteiger partial charge in [0.15, 0.2) is 0 Å². The number of pyridine rings is 1. The third-order valence-corrected chi connectivity index (χ3v) is 4.43. The van der Waals surface area contributed by atoms with Gasteiger partial charge in [0.05, 0.1) is 11.0 Å². The zero-order valence-electron chi connectivity index (χ0n) is 12.7. The van der Waals surface area contributed by atoms with Crippen LogP contribution in [-0.4, -0.2) is 39.1 Å². The molecule has 0 radical (unpaired) electrons. The molecule has 0 spiro atoms. The van der Waals surface area contributed by atoms with Gasteiger partial charge in [0.1, 0.15) is 5.82 Å². The fraction of sp³-hybridized carbons (Fsp3) is 0.333. The van der Waals surface area contributed by atoms with E-state index in [1.165, 1.54) is 31.4 Å². The lowest BCUT2D eigenvalue weighted by Gasteiger charge is -2.16. The highest BCUT2D eigenvalue weighted by molar-refractivity contribution is 5.80. The van der Waals surface area contributed by atoms with Crippen LogP contribution in [0.1, 0.15) is 12.8 Å². The predicted octanol–water partition coefficient (Wildman–Crippen LogP) is 3.19. The second-order valence-electron chi connectivity index (χ2n) is 5.86. The van der Waals surface area contributed by atoms with Crippen molar-refractivity contribution in [3.8, 4) is 11.4 Å². The van der Waals surface area contributed by atoms with Gasteiger partial charge in [-0.1, -0.05) is 12.1 Å². The first-order valence-corrected chi connectivity index (χ1v) is 8.00. The number of aromatic nitrogens is 3. The molecule has 0 saturated carbocycles. The maximum atomic E-state index is 4.84. The Hall–Kier alpha value is -2.20. The quantitative estimate of drug-likeness (QED) is 0.740. The van der Waals surface area contributed by atoms with Gasteiger partial charge in [-0.25, -0.2) is 4.98 Å². The number of likely N-dealkylation sites (tertiary alicyclic amines) is 1. The summed E-state index contributed by atoms with van der Waals surface area (Å²) in [7, 11) is 0. The lowest BCUT2D eigenvalue weighted by atomic mass is 10.2. The highest BCUT2D eigenvalue weighted by Crippen LogP contribution is 2.24. The van der Waals surface area contributed by atoms with E-state index in [-0.39, 0.29) is 0 Å². The van der Waals surface area contributed by atoms with Gasteiger partial charge in [-0.15, -0.1) is 0 Å². The van der Waals surface area contributed by atoms with Crippen LogP contribution < -0.4 is 0 Å². The van der Waals surface area contributed by atoms with Crippen LogP contribution in [0, 0.1) is 0 Å².